The number of carbonyl (C=O) groups is 4. The predicted octanol–water partition coefficient (Wildman–Crippen LogP) is 9.25. The maximum absolute atomic E-state index is 14.7. The van der Waals surface area contributed by atoms with Gasteiger partial charge in [0.2, 0.25) is 0 Å². The molecule has 0 saturated carbocycles. The highest BCUT2D eigenvalue weighted by molar-refractivity contribution is 5.91. The second kappa shape index (κ2) is 18.9. The largest absolute Gasteiger partial charge is 0.426 e. The van der Waals surface area contributed by atoms with E-state index in [1.807, 2.05) is 24.3 Å². The van der Waals surface area contributed by atoms with Gasteiger partial charge in [-0.3, -0.25) is 9.59 Å². The Balaban J connectivity index is 1.02. The molecule has 0 heterocycles. The van der Waals surface area contributed by atoms with Crippen LogP contribution in [0, 0.1) is 5.82 Å². The third kappa shape index (κ3) is 11.7. The van der Waals surface area contributed by atoms with E-state index in [1.165, 1.54) is 12.1 Å². The van der Waals surface area contributed by atoms with Gasteiger partial charge in [0.1, 0.15) is 17.2 Å². The molecule has 5 aromatic rings. The van der Waals surface area contributed by atoms with Gasteiger partial charge in [-0.25, -0.2) is 14.0 Å². The third-order valence-electron chi connectivity index (χ3n) is 8.32. The number of hydrogen-bond donors (Lipinski definition) is 0. The van der Waals surface area contributed by atoms with Crippen LogP contribution in [0.4, 0.5) is 4.39 Å². The Morgan fingerprint density at radius 2 is 0.830 bits per heavy atom. The van der Waals surface area contributed by atoms with E-state index in [2.05, 4.69) is 13.8 Å². The van der Waals surface area contributed by atoms with Crippen LogP contribution in [0.15, 0.2) is 115 Å². The van der Waals surface area contributed by atoms with Gasteiger partial charge in [0.25, 0.3) is 0 Å². The summed E-state index contributed by atoms with van der Waals surface area (Å²) in [6.07, 6.45) is 4.63. The van der Waals surface area contributed by atoms with Crippen LogP contribution >= 0.6 is 0 Å². The number of benzene rings is 5. The molecule has 0 N–H and O–H groups in total. The highest BCUT2D eigenvalue weighted by atomic mass is 19.1. The fraction of sp³-hybridized carbons (Fsp3) is 0.227. The van der Waals surface area contributed by atoms with Crippen LogP contribution in [0.25, 0.3) is 0 Å². The van der Waals surface area contributed by atoms with Crippen LogP contribution in [-0.2, 0) is 35.3 Å². The van der Waals surface area contributed by atoms with E-state index >= 15 is 0 Å². The third-order valence-corrected chi connectivity index (χ3v) is 8.32. The molecule has 8 nitrogen and oxygen atoms in total. The van der Waals surface area contributed by atoms with E-state index in [0.717, 1.165) is 54.0 Å². The number of carbonyl (C=O) groups excluding carboxylic acids is 4. The number of esters is 4. The van der Waals surface area contributed by atoms with Crippen LogP contribution in [0.1, 0.15) is 82.5 Å². The zero-order valence-corrected chi connectivity index (χ0v) is 29.8. The summed E-state index contributed by atoms with van der Waals surface area (Å²) in [4.78, 5) is 49.9. The Hall–Kier alpha value is -6.09. The van der Waals surface area contributed by atoms with Gasteiger partial charge in [-0.05, 0) is 109 Å². The summed E-state index contributed by atoms with van der Waals surface area (Å²) in [5.74, 6) is -2.52. The van der Waals surface area contributed by atoms with Gasteiger partial charge in [0.15, 0.2) is 11.6 Å². The summed E-state index contributed by atoms with van der Waals surface area (Å²) in [5.41, 5.74) is 4.86. The van der Waals surface area contributed by atoms with E-state index < -0.39 is 29.7 Å². The van der Waals surface area contributed by atoms with Crippen molar-refractivity contribution in [2.75, 3.05) is 0 Å². The smallest absolute Gasteiger partial charge is 0.343 e. The molecule has 0 saturated heterocycles. The average molecular weight is 717 g/mol. The predicted molar refractivity (Wildman–Crippen MR) is 198 cm³/mol. The first-order chi connectivity index (χ1) is 25.7. The second-order valence-corrected chi connectivity index (χ2v) is 12.5. The molecule has 5 rings (SSSR count). The van der Waals surface area contributed by atoms with Crippen LogP contribution in [-0.4, -0.2) is 23.9 Å². The lowest BCUT2D eigenvalue weighted by atomic mass is 10.1. The molecule has 5 aromatic carbocycles. The molecular formula is C44H41FO8. The molecule has 0 amide bonds. The number of aryl methyl sites for hydroxylation is 4. The molecule has 0 radical (unpaired) electrons. The maximum Gasteiger partial charge on any atom is 0.343 e. The monoisotopic (exact) mass is 716 g/mol. The lowest BCUT2D eigenvalue weighted by Gasteiger charge is -2.09. The molecule has 53 heavy (non-hydrogen) atoms. The Bertz CT molecular complexity index is 2000. The highest BCUT2D eigenvalue weighted by Gasteiger charge is 2.15. The Labute approximate surface area is 308 Å². The first-order valence-corrected chi connectivity index (χ1v) is 17.7. The molecule has 9 heteroatoms. The molecule has 0 aliphatic rings. The summed E-state index contributed by atoms with van der Waals surface area (Å²) in [6.45, 7) is 4.19. The molecule has 0 aromatic heterocycles. The van der Waals surface area contributed by atoms with Crippen molar-refractivity contribution < 1.29 is 42.5 Å². The molecule has 0 fully saturated rings. The lowest BCUT2D eigenvalue weighted by molar-refractivity contribution is -0.135. The van der Waals surface area contributed by atoms with E-state index in [-0.39, 0.29) is 24.3 Å². The van der Waals surface area contributed by atoms with Crippen LogP contribution in [0.5, 0.6) is 23.0 Å². The van der Waals surface area contributed by atoms with Crippen molar-refractivity contribution in [3.63, 3.8) is 0 Å². The number of rotatable bonds is 16. The minimum Gasteiger partial charge on any atom is -0.426 e. The molecule has 0 aliphatic heterocycles. The van der Waals surface area contributed by atoms with Crippen molar-refractivity contribution in [2.45, 2.75) is 65.2 Å². The standard InChI is InChI=1S/C44H41FO8/c1-3-5-30-7-17-34(18-8-30)43(48)51-36-21-11-32(12-22-36)15-27-41(46)50-38-25-26-40(39(45)29-38)53-42(47)28-16-33-13-23-37(24-14-33)52-44(49)35-19-9-31(6-4-2)10-20-35/h7-14,17-26,29H,3-6,15-16,27-28H2,1-2H3. The molecule has 0 bridgehead atoms. The number of ether oxygens (including phenoxy) is 4. The van der Waals surface area contributed by atoms with Gasteiger partial charge in [0.05, 0.1) is 11.1 Å². The molecular weight excluding hydrogens is 675 g/mol. The van der Waals surface area contributed by atoms with Crippen molar-refractivity contribution in [1.82, 2.24) is 0 Å². The maximum atomic E-state index is 14.7. The number of hydrogen-bond acceptors (Lipinski definition) is 8. The summed E-state index contributed by atoms with van der Waals surface area (Å²) in [6, 6.07) is 31.8. The zero-order valence-electron chi connectivity index (χ0n) is 29.8. The van der Waals surface area contributed by atoms with E-state index in [4.69, 9.17) is 18.9 Å². The minimum absolute atomic E-state index is 0.0181. The zero-order chi connectivity index (χ0) is 37.6. The van der Waals surface area contributed by atoms with E-state index in [0.29, 0.717) is 35.5 Å². The fourth-order valence-corrected chi connectivity index (χ4v) is 5.45. The Morgan fingerprint density at radius 1 is 0.453 bits per heavy atom. The van der Waals surface area contributed by atoms with Crippen molar-refractivity contribution in [3.8, 4) is 23.0 Å². The molecule has 272 valence electrons. The van der Waals surface area contributed by atoms with Gasteiger partial charge >= 0.3 is 23.9 Å². The van der Waals surface area contributed by atoms with Crippen molar-refractivity contribution >= 4 is 23.9 Å². The summed E-state index contributed by atoms with van der Waals surface area (Å²) < 4.78 is 36.1. The van der Waals surface area contributed by atoms with Gasteiger partial charge in [-0.1, -0.05) is 75.2 Å². The summed E-state index contributed by atoms with van der Waals surface area (Å²) in [7, 11) is 0. The fourth-order valence-electron chi connectivity index (χ4n) is 5.45. The van der Waals surface area contributed by atoms with Crippen molar-refractivity contribution in [1.29, 1.82) is 0 Å². The van der Waals surface area contributed by atoms with Crippen LogP contribution in [0.3, 0.4) is 0 Å². The first-order valence-electron chi connectivity index (χ1n) is 17.7. The summed E-state index contributed by atoms with van der Waals surface area (Å²) in [5, 5.41) is 0. The average Bonchev–Trinajstić information content (AvgIpc) is 3.16. The molecule has 0 atom stereocenters. The Kier molecular flexibility index (Phi) is 13.6. The highest BCUT2D eigenvalue weighted by Crippen LogP contribution is 2.24. The number of halogens is 1. The topological polar surface area (TPSA) is 105 Å². The van der Waals surface area contributed by atoms with Gasteiger partial charge in [-0.15, -0.1) is 0 Å². The van der Waals surface area contributed by atoms with E-state index in [1.54, 1.807) is 72.8 Å². The molecule has 0 aliphatic carbocycles. The SMILES string of the molecule is CCCc1ccc(C(=O)Oc2ccc(CCC(=O)Oc3ccc(OC(=O)CCc4ccc(OC(=O)c5ccc(CCC)cc5)cc4)c(F)c3)cc2)cc1. The van der Waals surface area contributed by atoms with Crippen LogP contribution in [0.2, 0.25) is 0 Å². The lowest BCUT2D eigenvalue weighted by Crippen LogP contribution is -2.11. The van der Waals surface area contributed by atoms with Crippen LogP contribution < -0.4 is 18.9 Å². The van der Waals surface area contributed by atoms with E-state index in [9.17, 15) is 23.6 Å². The quantitative estimate of drug-likeness (QED) is 0.0735. The minimum atomic E-state index is -0.850. The summed E-state index contributed by atoms with van der Waals surface area (Å²) >= 11 is 0. The normalized spacial score (nSPS) is 10.7. The van der Waals surface area contributed by atoms with Crippen molar-refractivity contribution in [3.05, 3.63) is 154 Å². The van der Waals surface area contributed by atoms with Crippen molar-refractivity contribution in [2.24, 2.45) is 0 Å². The molecule has 0 spiro atoms. The van der Waals surface area contributed by atoms with Gasteiger partial charge < -0.3 is 18.9 Å². The second-order valence-electron chi connectivity index (χ2n) is 12.5. The Morgan fingerprint density at radius 3 is 1.25 bits per heavy atom. The van der Waals surface area contributed by atoms with Gasteiger partial charge in [0, 0.05) is 18.9 Å². The molecule has 0 unspecified atom stereocenters. The first kappa shape index (κ1) is 38.1. The van der Waals surface area contributed by atoms with Gasteiger partial charge in [-0.2, -0.15) is 0 Å².